The molecule has 19 heavy (non-hydrogen) atoms. The van der Waals surface area contributed by atoms with Gasteiger partial charge >= 0.3 is 0 Å². The lowest BCUT2D eigenvalue weighted by atomic mass is 9.74. The van der Waals surface area contributed by atoms with Crippen molar-refractivity contribution in [3.63, 3.8) is 0 Å². The Labute approximate surface area is 120 Å². The van der Waals surface area contributed by atoms with Gasteiger partial charge in [0.15, 0.2) is 0 Å². The average Bonchev–Trinajstić information content (AvgIpc) is 2.40. The van der Waals surface area contributed by atoms with Gasteiger partial charge < -0.3 is 10.1 Å². The molecule has 0 heterocycles. The molecule has 112 valence electrons. The average molecular weight is 267 g/mol. The first-order valence-electron chi connectivity index (χ1n) is 7.97. The Balaban J connectivity index is 2.70. The molecule has 1 fully saturated rings. The fraction of sp³-hybridized carbons (Fsp3) is 0.882. The van der Waals surface area contributed by atoms with Gasteiger partial charge in [0.2, 0.25) is 0 Å². The minimum absolute atomic E-state index is 0.0527. The van der Waals surface area contributed by atoms with E-state index < -0.39 is 0 Å². The van der Waals surface area contributed by atoms with Gasteiger partial charge in [-0.3, -0.25) is 0 Å². The number of hydrogen-bond donors (Lipinski definition) is 1. The van der Waals surface area contributed by atoms with E-state index in [0.717, 1.165) is 25.3 Å². The van der Waals surface area contributed by atoms with E-state index in [0.29, 0.717) is 6.04 Å². The Bertz CT molecular complexity index is 266. The zero-order valence-corrected chi connectivity index (χ0v) is 13.4. The highest BCUT2D eigenvalue weighted by Gasteiger charge is 2.40. The SMILES string of the molecule is C=C(C)CCC(NCCC)C1(OC)CCC(C)CC1. The van der Waals surface area contributed by atoms with Gasteiger partial charge in [-0.05, 0) is 64.3 Å². The van der Waals surface area contributed by atoms with Gasteiger partial charge in [0.1, 0.15) is 0 Å². The van der Waals surface area contributed by atoms with Crippen LogP contribution in [0.2, 0.25) is 0 Å². The van der Waals surface area contributed by atoms with Crippen LogP contribution >= 0.6 is 0 Å². The lowest BCUT2D eigenvalue weighted by Crippen LogP contribution is -2.54. The summed E-state index contributed by atoms with van der Waals surface area (Å²) in [7, 11) is 1.90. The molecular weight excluding hydrogens is 234 g/mol. The molecule has 1 unspecified atom stereocenters. The van der Waals surface area contributed by atoms with Crippen LogP contribution in [0.3, 0.4) is 0 Å². The molecular formula is C17H33NO. The van der Waals surface area contributed by atoms with Crippen molar-refractivity contribution in [2.75, 3.05) is 13.7 Å². The number of rotatable bonds is 8. The zero-order chi connectivity index (χ0) is 14.3. The third-order valence-corrected chi connectivity index (χ3v) is 4.66. The smallest absolute Gasteiger partial charge is 0.0831 e. The molecule has 2 nitrogen and oxygen atoms in total. The van der Waals surface area contributed by atoms with Crippen LogP contribution in [0, 0.1) is 5.92 Å². The summed E-state index contributed by atoms with van der Waals surface area (Å²) in [6.45, 7) is 11.8. The van der Waals surface area contributed by atoms with Crippen LogP contribution in [0.4, 0.5) is 0 Å². The molecule has 0 bridgehead atoms. The van der Waals surface area contributed by atoms with Crippen molar-refractivity contribution in [3.8, 4) is 0 Å². The second kappa shape index (κ2) is 8.06. The molecule has 2 heteroatoms. The fourth-order valence-electron chi connectivity index (χ4n) is 3.21. The van der Waals surface area contributed by atoms with Gasteiger partial charge in [-0.15, -0.1) is 6.58 Å². The first kappa shape index (κ1) is 16.7. The third kappa shape index (κ3) is 4.92. The summed E-state index contributed by atoms with van der Waals surface area (Å²) < 4.78 is 6.03. The van der Waals surface area contributed by atoms with Crippen molar-refractivity contribution in [3.05, 3.63) is 12.2 Å². The summed E-state index contributed by atoms with van der Waals surface area (Å²) in [6.07, 6.45) is 8.42. The lowest BCUT2D eigenvalue weighted by Gasteiger charge is -2.44. The van der Waals surface area contributed by atoms with Crippen LogP contribution in [-0.2, 0) is 4.74 Å². The van der Waals surface area contributed by atoms with E-state index in [1.165, 1.54) is 37.7 Å². The molecule has 0 aromatic rings. The third-order valence-electron chi connectivity index (χ3n) is 4.66. The second-order valence-corrected chi connectivity index (χ2v) is 6.45. The largest absolute Gasteiger partial charge is 0.377 e. The van der Waals surface area contributed by atoms with Crippen molar-refractivity contribution in [2.24, 2.45) is 5.92 Å². The van der Waals surface area contributed by atoms with Crippen molar-refractivity contribution in [1.82, 2.24) is 5.32 Å². The first-order chi connectivity index (χ1) is 9.04. The molecule has 1 aliphatic carbocycles. The van der Waals surface area contributed by atoms with E-state index >= 15 is 0 Å². The summed E-state index contributed by atoms with van der Waals surface area (Å²) in [5.74, 6) is 0.858. The van der Waals surface area contributed by atoms with Crippen LogP contribution < -0.4 is 5.32 Å². The number of ether oxygens (including phenoxy) is 1. The Morgan fingerprint density at radius 3 is 2.53 bits per heavy atom. The van der Waals surface area contributed by atoms with Crippen LogP contribution in [0.25, 0.3) is 0 Å². The van der Waals surface area contributed by atoms with Crippen molar-refractivity contribution >= 4 is 0 Å². The quantitative estimate of drug-likeness (QED) is 0.662. The van der Waals surface area contributed by atoms with Gasteiger partial charge in [0.05, 0.1) is 5.60 Å². The Morgan fingerprint density at radius 1 is 1.42 bits per heavy atom. The second-order valence-electron chi connectivity index (χ2n) is 6.45. The predicted molar refractivity (Wildman–Crippen MR) is 83.5 cm³/mol. The minimum atomic E-state index is 0.0527. The van der Waals surface area contributed by atoms with Crippen molar-refractivity contribution in [2.45, 2.75) is 77.4 Å². The van der Waals surface area contributed by atoms with E-state index in [4.69, 9.17) is 4.74 Å². The molecule has 0 aliphatic heterocycles. The molecule has 1 saturated carbocycles. The molecule has 0 spiro atoms. The van der Waals surface area contributed by atoms with Crippen molar-refractivity contribution < 1.29 is 4.74 Å². The maximum absolute atomic E-state index is 6.03. The van der Waals surface area contributed by atoms with Crippen LogP contribution in [0.5, 0.6) is 0 Å². The molecule has 0 amide bonds. The van der Waals surface area contributed by atoms with Crippen LogP contribution in [-0.4, -0.2) is 25.3 Å². The van der Waals surface area contributed by atoms with Crippen LogP contribution in [0.1, 0.15) is 65.7 Å². The highest BCUT2D eigenvalue weighted by Crippen LogP contribution is 2.38. The Morgan fingerprint density at radius 2 is 2.05 bits per heavy atom. The lowest BCUT2D eigenvalue weighted by molar-refractivity contribution is -0.0763. The Hall–Kier alpha value is -0.340. The molecule has 0 aromatic carbocycles. The summed E-state index contributed by atoms with van der Waals surface area (Å²) in [6, 6.07) is 0.474. The summed E-state index contributed by atoms with van der Waals surface area (Å²) in [4.78, 5) is 0. The number of nitrogens with one attached hydrogen (secondary N) is 1. The molecule has 1 N–H and O–H groups in total. The molecule has 1 atom stereocenters. The molecule has 0 saturated heterocycles. The van der Waals surface area contributed by atoms with Crippen molar-refractivity contribution in [1.29, 1.82) is 0 Å². The van der Waals surface area contributed by atoms with Gasteiger partial charge in [-0.2, -0.15) is 0 Å². The summed E-state index contributed by atoms with van der Waals surface area (Å²) >= 11 is 0. The highest BCUT2D eigenvalue weighted by atomic mass is 16.5. The topological polar surface area (TPSA) is 21.3 Å². The van der Waals surface area contributed by atoms with Crippen LogP contribution in [0.15, 0.2) is 12.2 Å². The summed E-state index contributed by atoms with van der Waals surface area (Å²) in [5.41, 5.74) is 1.33. The molecule has 1 aliphatic rings. The zero-order valence-electron chi connectivity index (χ0n) is 13.4. The minimum Gasteiger partial charge on any atom is -0.377 e. The highest BCUT2D eigenvalue weighted by molar-refractivity contribution is 4.99. The first-order valence-corrected chi connectivity index (χ1v) is 7.97. The number of hydrogen-bond acceptors (Lipinski definition) is 2. The normalized spacial score (nSPS) is 29.2. The van der Waals surface area contributed by atoms with E-state index in [2.05, 4.69) is 32.7 Å². The van der Waals surface area contributed by atoms with Gasteiger partial charge in [-0.25, -0.2) is 0 Å². The summed E-state index contributed by atoms with van der Waals surface area (Å²) in [5, 5.41) is 3.73. The monoisotopic (exact) mass is 267 g/mol. The van der Waals surface area contributed by atoms with Gasteiger partial charge in [0.25, 0.3) is 0 Å². The van der Waals surface area contributed by atoms with Gasteiger partial charge in [0, 0.05) is 13.2 Å². The maximum Gasteiger partial charge on any atom is 0.0831 e. The van der Waals surface area contributed by atoms with E-state index in [1.807, 2.05) is 7.11 Å². The standard InChI is InChI=1S/C17H33NO/c1-6-13-18-16(8-7-14(2)3)17(19-5)11-9-15(4)10-12-17/h15-16,18H,2,6-13H2,1,3-5H3. The molecule has 1 rings (SSSR count). The van der Waals surface area contributed by atoms with E-state index in [-0.39, 0.29) is 5.60 Å². The van der Waals surface area contributed by atoms with E-state index in [1.54, 1.807) is 0 Å². The predicted octanol–water partition coefficient (Wildman–Crippen LogP) is 4.31. The van der Waals surface area contributed by atoms with E-state index in [9.17, 15) is 0 Å². The number of allylic oxidation sites excluding steroid dienone is 1. The van der Waals surface area contributed by atoms with Gasteiger partial charge in [-0.1, -0.05) is 19.4 Å². The Kier molecular flexibility index (Phi) is 7.09. The maximum atomic E-state index is 6.03. The number of methoxy groups -OCH3 is 1. The molecule has 0 aromatic heterocycles. The fourth-order valence-corrected chi connectivity index (χ4v) is 3.21. The molecule has 0 radical (unpaired) electrons.